The molecule has 2 amide bonds. The number of aromatic nitrogens is 1. The number of aryl methyl sites for hydroxylation is 2. The number of nitrogens with zero attached hydrogens (tertiary/aromatic N) is 3. The Morgan fingerprint density at radius 1 is 1.11 bits per heavy atom. The highest BCUT2D eigenvalue weighted by Gasteiger charge is 2.24. The number of unbranched alkanes of at least 4 members (excludes halogenated alkanes) is 1. The molecule has 0 saturated carbocycles. The number of pyridine rings is 1. The highest BCUT2D eigenvalue weighted by molar-refractivity contribution is 5.98. The zero-order valence-electron chi connectivity index (χ0n) is 17.1. The Hall–Kier alpha value is -2.47. The van der Waals surface area contributed by atoms with Gasteiger partial charge in [0, 0.05) is 38.1 Å². The number of fused-ring (bicyclic) bond motifs is 1. The molecule has 1 aliphatic rings. The molecule has 0 bridgehead atoms. The van der Waals surface area contributed by atoms with Crippen molar-refractivity contribution < 1.29 is 9.59 Å². The molecule has 1 fully saturated rings. The number of hydrogen-bond donors (Lipinski definition) is 1. The average Bonchev–Trinajstić information content (AvgIpc) is 2.68. The molecule has 1 N–H and O–H groups in total. The normalized spacial score (nSPS) is 15.0. The quantitative estimate of drug-likeness (QED) is 0.780. The molecular weight excluding hydrogens is 352 g/mol. The van der Waals surface area contributed by atoms with Crippen molar-refractivity contribution in [3.63, 3.8) is 0 Å². The van der Waals surface area contributed by atoms with Gasteiger partial charge in [-0.15, -0.1) is 0 Å². The van der Waals surface area contributed by atoms with E-state index in [9.17, 15) is 9.59 Å². The van der Waals surface area contributed by atoms with Gasteiger partial charge in [0.1, 0.15) is 0 Å². The van der Waals surface area contributed by atoms with Crippen LogP contribution in [0.2, 0.25) is 0 Å². The molecule has 150 valence electrons. The summed E-state index contributed by atoms with van der Waals surface area (Å²) in [5.74, 6) is 0.0959. The maximum absolute atomic E-state index is 13.0. The molecule has 3 rings (SSSR count). The summed E-state index contributed by atoms with van der Waals surface area (Å²) in [5, 5.41) is 3.95. The van der Waals surface area contributed by atoms with Crippen LogP contribution in [0.1, 0.15) is 41.4 Å². The van der Waals surface area contributed by atoms with Crippen molar-refractivity contribution in [2.75, 3.05) is 39.3 Å². The van der Waals surface area contributed by atoms with E-state index in [4.69, 9.17) is 0 Å². The Morgan fingerprint density at radius 2 is 1.86 bits per heavy atom. The summed E-state index contributed by atoms with van der Waals surface area (Å²) in [5.41, 5.74) is 3.50. The minimum absolute atomic E-state index is 0.0282. The predicted molar refractivity (Wildman–Crippen MR) is 111 cm³/mol. The third-order valence-electron chi connectivity index (χ3n) is 5.27. The molecule has 28 heavy (non-hydrogen) atoms. The van der Waals surface area contributed by atoms with Crippen LogP contribution in [-0.4, -0.2) is 65.9 Å². The van der Waals surface area contributed by atoms with Crippen molar-refractivity contribution in [3.8, 4) is 0 Å². The van der Waals surface area contributed by atoms with Crippen LogP contribution in [0.5, 0.6) is 0 Å². The average molecular weight is 383 g/mol. The number of amides is 2. The van der Waals surface area contributed by atoms with E-state index in [1.807, 2.05) is 36.9 Å². The molecule has 2 heterocycles. The third-order valence-corrected chi connectivity index (χ3v) is 5.27. The minimum atomic E-state index is 0.0282. The van der Waals surface area contributed by atoms with Gasteiger partial charge >= 0.3 is 0 Å². The maximum Gasteiger partial charge on any atom is 0.255 e. The van der Waals surface area contributed by atoms with Crippen LogP contribution < -0.4 is 5.32 Å². The second-order valence-corrected chi connectivity index (χ2v) is 7.59. The molecule has 6 heteroatoms. The summed E-state index contributed by atoms with van der Waals surface area (Å²) in [7, 11) is 0. The van der Waals surface area contributed by atoms with E-state index in [-0.39, 0.29) is 11.8 Å². The lowest BCUT2D eigenvalue weighted by molar-refractivity contribution is -0.122. The van der Waals surface area contributed by atoms with E-state index in [1.54, 1.807) is 0 Å². The van der Waals surface area contributed by atoms with Gasteiger partial charge in [-0.25, -0.2) is 0 Å². The maximum atomic E-state index is 13.0. The van der Waals surface area contributed by atoms with Crippen molar-refractivity contribution in [1.29, 1.82) is 0 Å². The Bertz CT molecular complexity index is 857. The van der Waals surface area contributed by atoms with Crippen molar-refractivity contribution in [2.24, 2.45) is 0 Å². The zero-order valence-corrected chi connectivity index (χ0v) is 17.1. The van der Waals surface area contributed by atoms with Gasteiger partial charge in [-0.05, 0) is 38.5 Å². The largest absolute Gasteiger partial charge is 0.355 e. The summed E-state index contributed by atoms with van der Waals surface area (Å²) in [6.45, 7) is 9.87. The Labute approximate surface area is 166 Å². The molecular formula is C22H30N4O2. The monoisotopic (exact) mass is 382 g/mol. The van der Waals surface area contributed by atoms with E-state index in [2.05, 4.69) is 28.2 Å². The van der Waals surface area contributed by atoms with E-state index < -0.39 is 0 Å². The first-order valence-electron chi connectivity index (χ1n) is 10.1. The molecule has 0 atom stereocenters. The van der Waals surface area contributed by atoms with Crippen molar-refractivity contribution in [1.82, 2.24) is 20.1 Å². The summed E-state index contributed by atoms with van der Waals surface area (Å²) in [6.07, 6.45) is 2.08. The standard InChI is InChI=1S/C22H30N4O2/c1-4-5-8-23-21(27)15-25-9-11-26(12-10-25)22(28)19-14-18-13-16(2)6-7-20(18)24-17(19)3/h6-7,13-14H,4-5,8-12,15H2,1-3H3,(H,23,27). The number of piperazine rings is 1. The van der Waals surface area contributed by atoms with Crippen LogP contribution in [0.15, 0.2) is 24.3 Å². The van der Waals surface area contributed by atoms with Crippen molar-refractivity contribution in [2.45, 2.75) is 33.6 Å². The molecule has 6 nitrogen and oxygen atoms in total. The Kier molecular flexibility index (Phi) is 6.62. The van der Waals surface area contributed by atoms with E-state index in [1.165, 1.54) is 0 Å². The lowest BCUT2D eigenvalue weighted by atomic mass is 10.1. The smallest absolute Gasteiger partial charge is 0.255 e. The molecule has 0 aliphatic carbocycles. The summed E-state index contributed by atoms with van der Waals surface area (Å²) >= 11 is 0. The summed E-state index contributed by atoms with van der Waals surface area (Å²) < 4.78 is 0. The van der Waals surface area contributed by atoms with Crippen LogP contribution in [0.3, 0.4) is 0 Å². The van der Waals surface area contributed by atoms with Crippen molar-refractivity contribution in [3.05, 3.63) is 41.1 Å². The number of carbonyl (C=O) groups is 2. The van der Waals surface area contributed by atoms with Crippen LogP contribution in [-0.2, 0) is 4.79 Å². The van der Waals surface area contributed by atoms with Crippen molar-refractivity contribution >= 4 is 22.7 Å². The summed E-state index contributed by atoms with van der Waals surface area (Å²) in [4.78, 5) is 33.6. The number of hydrogen-bond acceptors (Lipinski definition) is 4. The van der Waals surface area contributed by atoms with E-state index in [0.29, 0.717) is 38.3 Å². The molecule has 1 aromatic carbocycles. The van der Waals surface area contributed by atoms with Crippen LogP contribution in [0.25, 0.3) is 10.9 Å². The zero-order chi connectivity index (χ0) is 20.1. The van der Waals surface area contributed by atoms with E-state index in [0.717, 1.165) is 41.5 Å². The SMILES string of the molecule is CCCCNC(=O)CN1CCN(C(=O)c2cc3cc(C)ccc3nc2C)CC1. The van der Waals surface area contributed by atoms with Gasteiger partial charge in [0.05, 0.1) is 23.3 Å². The lowest BCUT2D eigenvalue weighted by Crippen LogP contribution is -2.51. The second-order valence-electron chi connectivity index (χ2n) is 7.59. The van der Waals surface area contributed by atoms with Crippen LogP contribution >= 0.6 is 0 Å². The third kappa shape index (κ3) is 4.87. The lowest BCUT2D eigenvalue weighted by Gasteiger charge is -2.34. The fourth-order valence-corrected chi connectivity index (χ4v) is 3.55. The second kappa shape index (κ2) is 9.15. The highest BCUT2D eigenvalue weighted by atomic mass is 16.2. The molecule has 0 spiro atoms. The molecule has 1 aliphatic heterocycles. The Morgan fingerprint density at radius 3 is 2.57 bits per heavy atom. The predicted octanol–water partition coefficient (Wildman–Crippen LogP) is 2.53. The van der Waals surface area contributed by atoms with E-state index >= 15 is 0 Å². The van der Waals surface area contributed by atoms with Gasteiger partial charge in [0.2, 0.25) is 5.91 Å². The van der Waals surface area contributed by atoms with Crippen LogP contribution in [0.4, 0.5) is 0 Å². The first kappa shape index (κ1) is 20.3. The number of benzene rings is 1. The Balaban J connectivity index is 1.60. The van der Waals surface area contributed by atoms with Gasteiger partial charge in [-0.2, -0.15) is 0 Å². The number of nitrogens with one attached hydrogen (secondary N) is 1. The first-order chi connectivity index (χ1) is 13.5. The molecule has 2 aromatic rings. The van der Waals surface area contributed by atoms with Gasteiger partial charge in [0.15, 0.2) is 0 Å². The minimum Gasteiger partial charge on any atom is -0.355 e. The topological polar surface area (TPSA) is 65.5 Å². The number of carbonyl (C=O) groups excluding carboxylic acids is 2. The van der Waals surface area contributed by atoms with Gasteiger partial charge in [0.25, 0.3) is 5.91 Å². The van der Waals surface area contributed by atoms with Gasteiger partial charge < -0.3 is 10.2 Å². The first-order valence-corrected chi connectivity index (χ1v) is 10.1. The van der Waals surface area contributed by atoms with Crippen LogP contribution in [0, 0.1) is 13.8 Å². The fourth-order valence-electron chi connectivity index (χ4n) is 3.55. The van der Waals surface area contributed by atoms with Gasteiger partial charge in [-0.1, -0.05) is 25.0 Å². The highest BCUT2D eigenvalue weighted by Crippen LogP contribution is 2.20. The van der Waals surface area contributed by atoms with Gasteiger partial charge in [-0.3, -0.25) is 19.5 Å². The fraction of sp³-hybridized carbons (Fsp3) is 0.500. The summed E-state index contributed by atoms with van der Waals surface area (Å²) in [6, 6.07) is 8.05. The molecule has 0 radical (unpaired) electrons. The number of rotatable bonds is 6. The molecule has 0 unspecified atom stereocenters. The molecule has 1 aromatic heterocycles. The molecule has 1 saturated heterocycles.